The molecule has 0 amide bonds. The Morgan fingerprint density at radius 2 is 1.84 bits per heavy atom. The maximum absolute atomic E-state index is 3.55. The van der Waals surface area contributed by atoms with Gasteiger partial charge < -0.3 is 5.32 Å². The van der Waals surface area contributed by atoms with Crippen molar-refractivity contribution in [1.29, 1.82) is 0 Å². The van der Waals surface area contributed by atoms with Gasteiger partial charge in [-0.25, -0.2) is 0 Å². The van der Waals surface area contributed by atoms with E-state index >= 15 is 0 Å². The first kappa shape index (κ1) is 16.7. The first-order valence-electron chi connectivity index (χ1n) is 7.43. The zero-order valence-electron chi connectivity index (χ0n) is 13.3. The smallest absolute Gasteiger partial charge is 0.0333 e. The molecule has 19 heavy (non-hydrogen) atoms. The van der Waals surface area contributed by atoms with Crippen LogP contribution in [0.5, 0.6) is 0 Å². The van der Waals surface area contributed by atoms with E-state index in [4.69, 9.17) is 0 Å². The normalized spacial score (nSPS) is 15.4. The minimum absolute atomic E-state index is 0.569. The molecule has 3 heteroatoms. The van der Waals surface area contributed by atoms with Crippen LogP contribution in [0.15, 0.2) is 17.5 Å². The minimum Gasteiger partial charge on any atom is -0.314 e. The van der Waals surface area contributed by atoms with Gasteiger partial charge >= 0.3 is 0 Å². The van der Waals surface area contributed by atoms with E-state index < -0.39 is 0 Å². The molecule has 0 fully saturated rings. The van der Waals surface area contributed by atoms with Gasteiger partial charge in [-0.05, 0) is 44.7 Å². The van der Waals surface area contributed by atoms with Gasteiger partial charge in [0.2, 0.25) is 0 Å². The van der Waals surface area contributed by atoms with Crippen LogP contribution in [0.25, 0.3) is 0 Å². The molecule has 0 aliphatic carbocycles. The van der Waals surface area contributed by atoms with E-state index in [1.54, 1.807) is 0 Å². The highest BCUT2D eigenvalue weighted by molar-refractivity contribution is 7.09. The van der Waals surface area contributed by atoms with Crippen molar-refractivity contribution in [2.75, 3.05) is 6.54 Å². The van der Waals surface area contributed by atoms with Crippen molar-refractivity contribution in [3.8, 4) is 0 Å². The first-order valence-corrected chi connectivity index (χ1v) is 8.31. The maximum atomic E-state index is 3.55. The Morgan fingerprint density at radius 1 is 1.16 bits per heavy atom. The lowest BCUT2D eigenvalue weighted by Crippen LogP contribution is -2.45. The molecule has 2 nitrogen and oxygen atoms in total. The Hall–Kier alpha value is -0.380. The quantitative estimate of drug-likeness (QED) is 0.776. The topological polar surface area (TPSA) is 15.3 Å². The van der Waals surface area contributed by atoms with E-state index in [-0.39, 0.29) is 0 Å². The number of thiophene rings is 1. The molecule has 0 aromatic carbocycles. The van der Waals surface area contributed by atoms with Crippen molar-refractivity contribution in [2.45, 2.75) is 66.2 Å². The van der Waals surface area contributed by atoms with Crippen molar-refractivity contribution in [2.24, 2.45) is 5.92 Å². The minimum atomic E-state index is 0.569. The van der Waals surface area contributed by atoms with Gasteiger partial charge in [0, 0.05) is 29.5 Å². The molecule has 0 bridgehead atoms. The van der Waals surface area contributed by atoms with E-state index in [0.717, 1.165) is 13.1 Å². The van der Waals surface area contributed by atoms with Crippen LogP contribution in [-0.4, -0.2) is 29.6 Å². The molecule has 1 rings (SSSR count). The molecule has 2 atom stereocenters. The van der Waals surface area contributed by atoms with E-state index in [1.165, 1.54) is 4.88 Å². The Morgan fingerprint density at radius 3 is 2.32 bits per heavy atom. The third kappa shape index (κ3) is 5.64. The summed E-state index contributed by atoms with van der Waals surface area (Å²) in [5.74, 6) is 0.657. The summed E-state index contributed by atoms with van der Waals surface area (Å²) >= 11 is 1.86. The second-order valence-electron chi connectivity index (χ2n) is 6.13. The Kier molecular flexibility index (Phi) is 7.05. The monoisotopic (exact) mass is 282 g/mol. The molecule has 2 unspecified atom stereocenters. The fourth-order valence-electron chi connectivity index (χ4n) is 2.30. The predicted molar refractivity (Wildman–Crippen MR) is 86.8 cm³/mol. The lowest BCUT2D eigenvalue weighted by atomic mass is 10.00. The predicted octanol–water partition coefficient (Wildman–Crippen LogP) is 3.98. The number of nitrogens with one attached hydrogen (secondary N) is 1. The molecule has 0 spiro atoms. The standard InChI is InChI=1S/C16H30N2S/c1-12(2)17-10-14(5)15(6)18(13(3)4)11-16-8-7-9-19-16/h7-9,12-15,17H,10-11H2,1-6H3. The number of hydrogen-bond acceptors (Lipinski definition) is 3. The molecule has 0 saturated heterocycles. The van der Waals surface area contributed by atoms with Gasteiger partial charge in [0.15, 0.2) is 0 Å². The molecule has 1 heterocycles. The summed E-state index contributed by atoms with van der Waals surface area (Å²) in [6.07, 6.45) is 0. The zero-order chi connectivity index (χ0) is 14.4. The van der Waals surface area contributed by atoms with Crippen LogP contribution >= 0.6 is 11.3 Å². The van der Waals surface area contributed by atoms with Gasteiger partial charge in [0.25, 0.3) is 0 Å². The number of rotatable bonds is 8. The molecule has 1 aromatic rings. The fraction of sp³-hybridized carbons (Fsp3) is 0.750. The second-order valence-corrected chi connectivity index (χ2v) is 7.16. The van der Waals surface area contributed by atoms with Crippen LogP contribution in [0.3, 0.4) is 0 Å². The van der Waals surface area contributed by atoms with E-state index in [1.807, 2.05) is 11.3 Å². The van der Waals surface area contributed by atoms with Gasteiger partial charge in [-0.2, -0.15) is 0 Å². The van der Waals surface area contributed by atoms with Crippen LogP contribution in [0, 0.1) is 5.92 Å². The Balaban J connectivity index is 2.59. The third-order valence-electron chi connectivity index (χ3n) is 3.78. The average molecular weight is 282 g/mol. The highest BCUT2D eigenvalue weighted by Gasteiger charge is 2.22. The first-order chi connectivity index (χ1) is 8.91. The molecule has 0 radical (unpaired) electrons. The average Bonchev–Trinajstić information content (AvgIpc) is 2.84. The van der Waals surface area contributed by atoms with E-state index in [0.29, 0.717) is 24.0 Å². The second kappa shape index (κ2) is 8.03. The SMILES string of the molecule is CC(C)NCC(C)C(C)N(Cc1cccs1)C(C)C. The van der Waals surface area contributed by atoms with Gasteiger partial charge in [0.1, 0.15) is 0 Å². The van der Waals surface area contributed by atoms with Crippen molar-refractivity contribution in [3.63, 3.8) is 0 Å². The summed E-state index contributed by atoms with van der Waals surface area (Å²) in [5, 5.41) is 5.72. The molecule has 110 valence electrons. The summed E-state index contributed by atoms with van der Waals surface area (Å²) in [5.41, 5.74) is 0. The molecule has 0 aliphatic heterocycles. The van der Waals surface area contributed by atoms with Crippen LogP contribution in [0.4, 0.5) is 0 Å². The summed E-state index contributed by atoms with van der Waals surface area (Å²) < 4.78 is 0. The van der Waals surface area contributed by atoms with Crippen molar-refractivity contribution < 1.29 is 0 Å². The van der Waals surface area contributed by atoms with Gasteiger partial charge in [-0.15, -0.1) is 11.3 Å². The van der Waals surface area contributed by atoms with Crippen molar-refractivity contribution in [1.82, 2.24) is 10.2 Å². The van der Waals surface area contributed by atoms with Crippen LogP contribution in [0.1, 0.15) is 46.4 Å². The Labute approximate surface area is 123 Å². The highest BCUT2D eigenvalue weighted by Crippen LogP contribution is 2.20. The zero-order valence-corrected chi connectivity index (χ0v) is 14.1. The largest absolute Gasteiger partial charge is 0.314 e. The van der Waals surface area contributed by atoms with E-state index in [9.17, 15) is 0 Å². The molecular weight excluding hydrogens is 252 g/mol. The lowest BCUT2D eigenvalue weighted by molar-refractivity contribution is 0.115. The van der Waals surface area contributed by atoms with Crippen molar-refractivity contribution >= 4 is 11.3 Å². The summed E-state index contributed by atoms with van der Waals surface area (Å²) in [6.45, 7) is 15.9. The summed E-state index contributed by atoms with van der Waals surface area (Å²) in [6, 6.07) is 6.13. The molecule has 0 aliphatic rings. The number of hydrogen-bond donors (Lipinski definition) is 1. The van der Waals surface area contributed by atoms with Crippen LogP contribution < -0.4 is 5.32 Å². The fourth-order valence-corrected chi connectivity index (χ4v) is 3.01. The van der Waals surface area contributed by atoms with Gasteiger partial charge in [0.05, 0.1) is 0 Å². The Bertz CT molecular complexity index is 333. The maximum Gasteiger partial charge on any atom is 0.0333 e. The highest BCUT2D eigenvalue weighted by atomic mass is 32.1. The summed E-state index contributed by atoms with van der Waals surface area (Å²) in [7, 11) is 0. The molecule has 1 N–H and O–H groups in total. The summed E-state index contributed by atoms with van der Waals surface area (Å²) in [4.78, 5) is 4.07. The van der Waals surface area contributed by atoms with Gasteiger partial charge in [-0.1, -0.05) is 26.8 Å². The molecule has 1 aromatic heterocycles. The third-order valence-corrected chi connectivity index (χ3v) is 4.64. The van der Waals surface area contributed by atoms with Crippen LogP contribution in [-0.2, 0) is 6.54 Å². The lowest BCUT2D eigenvalue weighted by Gasteiger charge is -2.36. The molecule has 0 saturated carbocycles. The number of nitrogens with zero attached hydrogens (tertiary/aromatic N) is 1. The van der Waals surface area contributed by atoms with Crippen LogP contribution in [0.2, 0.25) is 0 Å². The molecular formula is C16H30N2S. The van der Waals surface area contributed by atoms with Gasteiger partial charge in [-0.3, -0.25) is 4.90 Å². The van der Waals surface area contributed by atoms with E-state index in [2.05, 4.69) is 69.3 Å². The van der Waals surface area contributed by atoms with Crippen molar-refractivity contribution in [3.05, 3.63) is 22.4 Å².